The zero-order valence-corrected chi connectivity index (χ0v) is 13.6. The van der Waals surface area contributed by atoms with Crippen molar-refractivity contribution in [3.63, 3.8) is 0 Å². The fourth-order valence-corrected chi connectivity index (χ4v) is 3.48. The van der Waals surface area contributed by atoms with E-state index in [0.717, 1.165) is 11.3 Å². The maximum absolute atomic E-state index is 12.4. The standard InChI is InChI=1S/C15H17N5O2S/c1-12(18-23(21,22)15-10-17-19(2)11-15)13-5-3-6-14(9-13)20-8-4-7-16-20/h3-12,18H,1-2H3/t12-/m0/s1. The Kier molecular flexibility index (Phi) is 4.01. The largest absolute Gasteiger partial charge is 0.274 e. The highest BCUT2D eigenvalue weighted by Gasteiger charge is 2.20. The summed E-state index contributed by atoms with van der Waals surface area (Å²) in [5, 5.41) is 8.08. The van der Waals surface area contributed by atoms with Gasteiger partial charge in [0.15, 0.2) is 0 Å². The van der Waals surface area contributed by atoms with E-state index in [9.17, 15) is 8.42 Å². The summed E-state index contributed by atoms with van der Waals surface area (Å²) in [7, 11) is -1.93. The van der Waals surface area contributed by atoms with Gasteiger partial charge in [-0.1, -0.05) is 12.1 Å². The second kappa shape index (κ2) is 5.98. The van der Waals surface area contributed by atoms with E-state index in [2.05, 4.69) is 14.9 Å². The van der Waals surface area contributed by atoms with Crippen LogP contribution in [0.3, 0.4) is 0 Å². The van der Waals surface area contributed by atoms with E-state index in [1.807, 2.05) is 36.5 Å². The molecule has 3 aromatic rings. The minimum Gasteiger partial charge on any atom is -0.274 e. The normalized spacial score (nSPS) is 13.1. The number of sulfonamides is 1. The molecule has 0 unspecified atom stereocenters. The molecule has 2 aromatic heterocycles. The number of aryl methyl sites for hydroxylation is 1. The van der Waals surface area contributed by atoms with Crippen LogP contribution in [0.5, 0.6) is 0 Å². The first-order chi connectivity index (χ1) is 11.0. The molecule has 0 aliphatic heterocycles. The number of benzene rings is 1. The van der Waals surface area contributed by atoms with Gasteiger partial charge in [-0.2, -0.15) is 10.2 Å². The van der Waals surface area contributed by atoms with Crippen LogP contribution in [0, 0.1) is 0 Å². The number of rotatable bonds is 5. The zero-order chi connectivity index (χ0) is 16.4. The Labute approximate surface area is 134 Å². The third-order valence-electron chi connectivity index (χ3n) is 3.46. The first-order valence-electron chi connectivity index (χ1n) is 7.07. The van der Waals surface area contributed by atoms with Crippen molar-refractivity contribution in [2.45, 2.75) is 17.9 Å². The molecular formula is C15H17N5O2S. The van der Waals surface area contributed by atoms with Crippen molar-refractivity contribution in [3.05, 3.63) is 60.7 Å². The van der Waals surface area contributed by atoms with Gasteiger partial charge in [0.25, 0.3) is 0 Å². The van der Waals surface area contributed by atoms with Gasteiger partial charge < -0.3 is 0 Å². The highest BCUT2D eigenvalue weighted by Crippen LogP contribution is 2.19. The predicted molar refractivity (Wildman–Crippen MR) is 85.5 cm³/mol. The molecule has 8 heteroatoms. The summed E-state index contributed by atoms with van der Waals surface area (Å²) < 4.78 is 30.6. The summed E-state index contributed by atoms with van der Waals surface area (Å²) in [6.45, 7) is 1.80. The molecule has 1 N–H and O–H groups in total. The first-order valence-corrected chi connectivity index (χ1v) is 8.55. The van der Waals surface area contributed by atoms with E-state index in [1.165, 1.54) is 17.1 Å². The van der Waals surface area contributed by atoms with Crippen LogP contribution in [0.1, 0.15) is 18.5 Å². The van der Waals surface area contributed by atoms with Crippen molar-refractivity contribution in [3.8, 4) is 5.69 Å². The highest BCUT2D eigenvalue weighted by atomic mass is 32.2. The minimum absolute atomic E-state index is 0.148. The average molecular weight is 331 g/mol. The lowest BCUT2D eigenvalue weighted by atomic mass is 10.1. The van der Waals surface area contributed by atoms with Crippen molar-refractivity contribution >= 4 is 10.0 Å². The van der Waals surface area contributed by atoms with Crippen LogP contribution in [0.4, 0.5) is 0 Å². The smallest absolute Gasteiger partial charge is 0.244 e. The summed E-state index contributed by atoms with van der Waals surface area (Å²) >= 11 is 0. The van der Waals surface area contributed by atoms with Crippen LogP contribution >= 0.6 is 0 Å². The summed E-state index contributed by atoms with van der Waals surface area (Å²) in [5.41, 5.74) is 1.73. The fourth-order valence-electron chi connectivity index (χ4n) is 2.26. The van der Waals surface area contributed by atoms with E-state index >= 15 is 0 Å². The molecule has 0 amide bonds. The van der Waals surface area contributed by atoms with Gasteiger partial charge >= 0.3 is 0 Å². The molecule has 0 fully saturated rings. The summed E-state index contributed by atoms with van der Waals surface area (Å²) in [6, 6.07) is 9.03. The molecule has 0 saturated carbocycles. The van der Waals surface area contributed by atoms with Crippen LogP contribution in [-0.4, -0.2) is 28.0 Å². The second-order valence-corrected chi connectivity index (χ2v) is 6.95. The van der Waals surface area contributed by atoms with E-state index in [1.54, 1.807) is 24.9 Å². The number of aromatic nitrogens is 4. The Morgan fingerprint density at radius 2 is 2.04 bits per heavy atom. The molecule has 0 aliphatic carbocycles. The third-order valence-corrected chi connectivity index (χ3v) is 4.96. The fraction of sp³-hybridized carbons (Fsp3) is 0.200. The molecule has 3 rings (SSSR count). The zero-order valence-electron chi connectivity index (χ0n) is 12.8. The Hall–Kier alpha value is -2.45. The van der Waals surface area contributed by atoms with Crippen molar-refractivity contribution in [2.24, 2.45) is 7.05 Å². The third kappa shape index (κ3) is 3.33. The van der Waals surface area contributed by atoms with E-state index < -0.39 is 10.0 Å². The molecule has 1 atom stereocenters. The van der Waals surface area contributed by atoms with E-state index in [0.29, 0.717) is 0 Å². The van der Waals surface area contributed by atoms with Gasteiger partial charge in [0, 0.05) is 31.7 Å². The lowest BCUT2D eigenvalue weighted by molar-refractivity contribution is 0.566. The van der Waals surface area contributed by atoms with Gasteiger partial charge in [-0.15, -0.1) is 0 Å². The van der Waals surface area contributed by atoms with Crippen LogP contribution in [0.25, 0.3) is 5.69 Å². The quantitative estimate of drug-likeness (QED) is 0.770. The maximum Gasteiger partial charge on any atom is 0.244 e. The van der Waals surface area contributed by atoms with Crippen LogP contribution < -0.4 is 4.72 Å². The SMILES string of the molecule is C[C@H](NS(=O)(=O)c1cnn(C)c1)c1cccc(-n2cccn2)c1. The van der Waals surface area contributed by atoms with Gasteiger partial charge in [0.1, 0.15) is 4.90 Å². The first kappa shape index (κ1) is 15.4. The van der Waals surface area contributed by atoms with Gasteiger partial charge in [0.2, 0.25) is 10.0 Å². The van der Waals surface area contributed by atoms with E-state index in [-0.39, 0.29) is 10.9 Å². The summed E-state index contributed by atoms with van der Waals surface area (Å²) in [6.07, 6.45) is 6.33. The summed E-state index contributed by atoms with van der Waals surface area (Å²) in [5.74, 6) is 0. The van der Waals surface area contributed by atoms with Crippen LogP contribution in [-0.2, 0) is 17.1 Å². The molecule has 7 nitrogen and oxygen atoms in total. The van der Waals surface area contributed by atoms with Gasteiger partial charge in [-0.05, 0) is 30.7 Å². The number of hydrogen-bond acceptors (Lipinski definition) is 4. The lowest BCUT2D eigenvalue weighted by Crippen LogP contribution is -2.26. The number of hydrogen-bond donors (Lipinski definition) is 1. The Morgan fingerprint density at radius 1 is 1.22 bits per heavy atom. The molecule has 1 aromatic carbocycles. The number of nitrogens with one attached hydrogen (secondary N) is 1. The molecule has 23 heavy (non-hydrogen) atoms. The number of nitrogens with zero attached hydrogens (tertiary/aromatic N) is 4. The van der Waals surface area contributed by atoms with Gasteiger partial charge in [-0.25, -0.2) is 17.8 Å². The molecule has 0 spiro atoms. The topological polar surface area (TPSA) is 81.8 Å². The van der Waals surface area contributed by atoms with Crippen molar-refractivity contribution in [1.29, 1.82) is 0 Å². The second-order valence-electron chi connectivity index (χ2n) is 5.24. The van der Waals surface area contributed by atoms with Crippen LogP contribution in [0.15, 0.2) is 60.0 Å². The van der Waals surface area contributed by atoms with Crippen molar-refractivity contribution in [1.82, 2.24) is 24.3 Å². The maximum atomic E-state index is 12.4. The van der Waals surface area contributed by atoms with Crippen molar-refractivity contribution < 1.29 is 8.42 Å². The summed E-state index contributed by atoms with van der Waals surface area (Å²) in [4.78, 5) is 0.148. The Morgan fingerprint density at radius 3 is 2.70 bits per heavy atom. The highest BCUT2D eigenvalue weighted by molar-refractivity contribution is 7.89. The lowest BCUT2D eigenvalue weighted by Gasteiger charge is -2.15. The van der Waals surface area contributed by atoms with Gasteiger partial charge in [0.05, 0.1) is 11.9 Å². The Bertz CT molecular complexity index is 900. The van der Waals surface area contributed by atoms with Gasteiger partial charge in [-0.3, -0.25) is 4.68 Å². The molecule has 0 saturated heterocycles. The Balaban J connectivity index is 1.83. The minimum atomic E-state index is -3.61. The van der Waals surface area contributed by atoms with Crippen molar-refractivity contribution in [2.75, 3.05) is 0 Å². The molecule has 0 bridgehead atoms. The van der Waals surface area contributed by atoms with Crippen LogP contribution in [0.2, 0.25) is 0 Å². The molecule has 0 aliphatic rings. The average Bonchev–Trinajstić information content (AvgIpc) is 3.18. The molecule has 0 radical (unpaired) electrons. The molecule has 2 heterocycles. The molecule has 120 valence electrons. The predicted octanol–water partition coefficient (Wildman–Crippen LogP) is 1.65. The van der Waals surface area contributed by atoms with E-state index in [4.69, 9.17) is 0 Å². The monoisotopic (exact) mass is 331 g/mol. The molecular weight excluding hydrogens is 314 g/mol.